The van der Waals surface area contributed by atoms with Crippen molar-refractivity contribution in [3.8, 4) is 17.3 Å². The van der Waals surface area contributed by atoms with Gasteiger partial charge in [-0.25, -0.2) is 4.98 Å². The third kappa shape index (κ3) is 1.69. The van der Waals surface area contributed by atoms with Gasteiger partial charge in [-0.05, 0) is 6.07 Å². The highest BCUT2D eigenvalue weighted by molar-refractivity contribution is 7.10. The fraction of sp³-hybridized carbons (Fsp3) is 0.143. The van der Waals surface area contributed by atoms with Gasteiger partial charge < -0.3 is 4.57 Å². The topological polar surface area (TPSA) is 41.6 Å². The van der Waals surface area contributed by atoms with Crippen LogP contribution in [0, 0.1) is 11.3 Å². The van der Waals surface area contributed by atoms with Crippen molar-refractivity contribution in [3.63, 3.8) is 0 Å². The van der Waals surface area contributed by atoms with Gasteiger partial charge in [-0.2, -0.15) is 5.26 Å². The smallest absolute Gasteiger partial charge is 0.107 e. The van der Waals surface area contributed by atoms with Gasteiger partial charge in [-0.1, -0.05) is 18.2 Å². The molecule has 0 spiro atoms. The second-order valence-electron chi connectivity index (χ2n) is 4.13. The van der Waals surface area contributed by atoms with E-state index < -0.39 is 0 Å². The van der Waals surface area contributed by atoms with Crippen LogP contribution < -0.4 is 0 Å². The van der Waals surface area contributed by atoms with Crippen LogP contribution in [-0.2, 0) is 13.5 Å². The zero-order valence-corrected chi connectivity index (χ0v) is 10.7. The Morgan fingerprint density at radius 1 is 1.39 bits per heavy atom. The number of nitrogens with zero attached hydrogens (tertiary/aromatic N) is 3. The highest BCUT2D eigenvalue weighted by atomic mass is 32.1. The van der Waals surface area contributed by atoms with Crippen LogP contribution in [-0.4, -0.2) is 9.55 Å². The molecule has 3 aromatic rings. The largest absolute Gasteiger partial charge is 0.350 e. The lowest BCUT2D eigenvalue weighted by atomic mass is 10.1. The molecule has 0 unspecified atom stereocenters. The van der Waals surface area contributed by atoms with E-state index in [1.165, 1.54) is 10.9 Å². The normalized spacial score (nSPS) is 10.7. The van der Waals surface area contributed by atoms with E-state index in [2.05, 4.69) is 33.9 Å². The predicted molar refractivity (Wildman–Crippen MR) is 73.3 cm³/mol. The second kappa shape index (κ2) is 4.28. The van der Waals surface area contributed by atoms with Crippen molar-refractivity contribution >= 4 is 22.2 Å². The Morgan fingerprint density at radius 3 is 3.06 bits per heavy atom. The summed E-state index contributed by atoms with van der Waals surface area (Å²) in [6.07, 6.45) is 2.48. The molecule has 1 aromatic carbocycles. The number of fused-ring (bicyclic) bond motifs is 1. The number of benzene rings is 1. The minimum atomic E-state index is 0.384. The molecule has 0 bridgehead atoms. The first-order valence-corrected chi connectivity index (χ1v) is 6.53. The summed E-state index contributed by atoms with van der Waals surface area (Å²) >= 11 is 1.54. The fourth-order valence-corrected chi connectivity index (χ4v) is 2.86. The van der Waals surface area contributed by atoms with Gasteiger partial charge in [0.2, 0.25) is 0 Å². The van der Waals surface area contributed by atoms with Gasteiger partial charge in [0.05, 0.1) is 18.2 Å². The Morgan fingerprint density at radius 2 is 2.22 bits per heavy atom. The Kier molecular flexibility index (Phi) is 2.62. The SMILES string of the molecule is Cn1cc(-c2csc(CC#N)n2)c2ccccc21. The summed E-state index contributed by atoms with van der Waals surface area (Å²) in [5.74, 6) is 0. The summed E-state index contributed by atoms with van der Waals surface area (Å²) in [6, 6.07) is 10.4. The van der Waals surface area contributed by atoms with Crippen molar-refractivity contribution in [2.24, 2.45) is 7.05 Å². The molecule has 3 rings (SSSR count). The lowest BCUT2D eigenvalue weighted by Crippen LogP contribution is -1.82. The van der Waals surface area contributed by atoms with Crippen molar-refractivity contribution in [2.45, 2.75) is 6.42 Å². The molecule has 0 saturated heterocycles. The average molecular weight is 253 g/mol. The van der Waals surface area contributed by atoms with E-state index >= 15 is 0 Å². The van der Waals surface area contributed by atoms with Crippen molar-refractivity contribution < 1.29 is 0 Å². The zero-order chi connectivity index (χ0) is 12.5. The molecule has 0 fully saturated rings. The van der Waals surface area contributed by atoms with E-state index in [4.69, 9.17) is 5.26 Å². The number of thiazole rings is 1. The van der Waals surface area contributed by atoms with Gasteiger partial charge >= 0.3 is 0 Å². The van der Waals surface area contributed by atoms with Gasteiger partial charge in [0.25, 0.3) is 0 Å². The van der Waals surface area contributed by atoms with E-state index in [-0.39, 0.29) is 0 Å². The molecule has 4 heteroatoms. The summed E-state index contributed by atoms with van der Waals surface area (Å²) < 4.78 is 2.11. The van der Waals surface area contributed by atoms with Crippen molar-refractivity contribution in [3.05, 3.63) is 40.8 Å². The second-order valence-corrected chi connectivity index (χ2v) is 5.07. The first kappa shape index (κ1) is 11.0. The number of nitriles is 1. The molecule has 18 heavy (non-hydrogen) atoms. The van der Waals surface area contributed by atoms with Crippen LogP contribution in [0.5, 0.6) is 0 Å². The Labute approximate surface area is 109 Å². The van der Waals surface area contributed by atoms with E-state index in [1.807, 2.05) is 24.6 Å². The number of hydrogen-bond acceptors (Lipinski definition) is 3. The molecule has 0 aliphatic heterocycles. The first-order chi connectivity index (χ1) is 8.79. The molecule has 0 amide bonds. The molecule has 2 heterocycles. The fourth-order valence-electron chi connectivity index (χ4n) is 2.13. The van der Waals surface area contributed by atoms with Gasteiger partial charge in [0, 0.05) is 35.1 Å². The Hall–Kier alpha value is -2.12. The Bertz CT molecular complexity index is 746. The lowest BCUT2D eigenvalue weighted by molar-refractivity contribution is 0.969. The quantitative estimate of drug-likeness (QED) is 0.702. The van der Waals surface area contributed by atoms with E-state index in [1.54, 1.807) is 11.3 Å². The van der Waals surface area contributed by atoms with Gasteiger partial charge in [-0.3, -0.25) is 0 Å². The molecule has 0 atom stereocenters. The first-order valence-electron chi connectivity index (χ1n) is 5.65. The molecule has 88 valence electrons. The van der Waals surface area contributed by atoms with Crippen LogP contribution in [0.1, 0.15) is 5.01 Å². The molecular formula is C14H11N3S. The standard InChI is InChI=1S/C14H11N3S/c1-17-8-11(10-4-2-3-5-13(10)17)12-9-18-14(16-12)6-7-15/h2-5,8-9H,6H2,1H3. The van der Waals surface area contributed by atoms with Crippen molar-refractivity contribution in [2.75, 3.05) is 0 Å². The van der Waals surface area contributed by atoms with Crippen LogP contribution in [0.4, 0.5) is 0 Å². The molecular weight excluding hydrogens is 242 g/mol. The van der Waals surface area contributed by atoms with Crippen molar-refractivity contribution in [1.29, 1.82) is 5.26 Å². The summed E-state index contributed by atoms with van der Waals surface area (Å²) in [5, 5.41) is 12.8. The van der Waals surface area contributed by atoms with E-state index in [0.717, 1.165) is 16.3 Å². The van der Waals surface area contributed by atoms with Crippen LogP contribution >= 0.6 is 11.3 Å². The highest BCUT2D eigenvalue weighted by Crippen LogP contribution is 2.30. The number of aryl methyl sites for hydroxylation is 1. The van der Waals surface area contributed by atoms with Gasteiger partial charge in [-0.15, -0.1) is 11.3 Å². The number of hydrogen-bond donors (Lipinski definition) is 0. The van der Waals surface area contributed by atoms with Gasteiger partial charge in [0.15, 0.2) is 0 Å². The molecule has 0 radical (unpaired) electrons. The molecule has 0 saturated carbocycles. The maximum atomic E-state index is 8.69. The molecule has 0 N–H and O–H groups in total. The summed E-state index contributed by atoms with van der Waals surface area (Å²) in [7, 11) is 2.04. The van der Waals surface area contributed by atoms with Crippen LogP contribution in [0.15, 0.2) is 35.8 Å². The monoisotopic (exact) mass is 253 g/mol. The predicted octanol–water partition coefficient (Wildman–Crippen LogP) is 3.37. The molecule has 3 nitrogen and oxygen atoms in total. The van der Waals surface area contributed by atoms with E-state index in [0.29, 0.717) is 6.42 Å². The third-order valence-electron chi connectivity index (χ3n) is 2.95. The minimum Gasteiger partial charge on any atom is -0.350 e. The van der Waals surface area contributed by atoms with Crippen molar-refractivity contribution in [1.82, 2.24) is 9.55 Å². The number of aromatic nitrogens is 2. The van der Waals surface area contributed by atoms with Gasteiger partial charge in [0.1, 0.15) is 5.01 Å². The zero-order valence-electron chi connectivity index (χ0n) is 9.92. The van der Waals surface area contributed by atoms with Crippen LogP contribution in [0.3, 0.4) is 0 Å². The average Bonchev–Trinajstić information content (AvgIpc) is 2.96. The lowest BCUT2D eigenvalue weighted by Gasteiger charge is -1.94. The maximum Gasteiger partial charge on any atom is 0.107 e. The summed E-state index contributed by atoms with van der Waals surface area (Å²) in [5.41, 5.74) is 3.29. The Balaban J connectivity index is 2.16. The van der Waals surface area contributed by atoms with E-state index in [9.17, 15) is 0 Å². The molecule has 0 aliphatic carbocycles. The summed E-state index contributed by atoms with van der Waals surface area (Å²) in [4.78, 5) is 4.52. The molecule has 2 aromatic heterocycles. The van der Waals surface area contributed by atoms with Crippen LogP contribution in [0.2, 0.25) is 0 Å². The third-order valence-corrected chi connectivity index (χ3v) is 3.80. The number of para-hydroxylation sites is 1. The van der Waals surface area contributed by atoms with Crippen LogP contribution in [0.25, 0.3) is 22.2 Å². The minimum absolute atomic E-state index is 0.384. The maximum absolute atomic E-state index is 8.69. The number of rotatable bonds is 2. The summed E-state index contributed by atoms with van der Waals surface area (Å²) in [6.45, 7) is 0. The highest BCUT2D eigenvalue weighted by Gasteiger charge is 2.11. The molecule has 0 aliphatic rings.